The first kappa shape index (κ1) is 9.71. The van der Waals surface area contributed by atoms with Crippen molar-refractivity contribution in [1.82, 2.24) is 0 Å². The number of benzene rings is 1. The van der Waals surface area contributed by atoms with Crippen molar-refractivity contribution in [2.24, 2.45) is 0 Å². The molecule has 1 aliphatic rings. The molecule has 0 amide bonds. The molecule has 0 heterocycles. The largest absolute Gasteiger partial charge is 0.496 e. The molecule has 1 aromatic rings. The number of hydrogen-bond donors (Lipinski definition) is 0. The van der Waals surface area contributed by atoms with Crippen LogP contribution in [0.25, 0.3) is 0 Å². The number of Topliss-reactive ketones (excluding diaryl/α,β-unsaturated/α-hetero) is 1. The van der Waals surface area contributed by atoms with Crippen LogP contribution in [0.3, 0.4) is 0 Å². The fourth-order valence-corrected chi connectivity index (χ4v) is 2.22. The van der Waals surface area contributed by atoms with Crippen LogP contribution in [0.2, 0.25) is 0 Å². The van der Waals surface area contributed by atoms with Crippen molar-refractivity contribution in [2.75, 3.05) is 7.11 Å². The zero-order valence-corrected chi connectivity index (χ0v) is 9.50. The van der Waals surface area contributed by atoms with Gasteiger partial charge in [0.1, 0.15) is 11.5 Å². The summed E-state index contributed by atoms with van der Waals surface area (Å²) in [5.41, 5.74) is 1.09. The van der Waals surface area contributed by atoms with Gasteiger partial charge in [-0.15, -0.1) is 0 Å². The number of halogens is 1. The monoisotopic (exact) mass is 254 g/mol. The second-order valence-corrected chi connectivity index (χ2v) is 4.31. The van der Waals surface area contributed by atoms with Crippen LogP contribution in [0.5, 0.6) is 5.75 Å². The van der Waals surface area contributed by atoms with Gasteiger partial charge < -0.3 is 4.74 Å². The minimum absolute atomic E-state index is 0.122. The summed E-state index contributed by atoms with van der Waals surface area (Å²) in [6.45, 7) is 0. The molecule has 0 bridgehead atoms. The Morgan fingerprint density at radius 2 is 2.29 bits per heavy atom. The molecular formula is C11H11BrO2. The molecule has 0 N–H and O–H groups in total. The van der Waals surface area contributed by atoms with Crippen LogP contribution in [0.1, 0.15) is 24.3 Å². The van der Waals surface area contributed by atoms with Gasteiger partial charge in [-0.2, -0.15) is 0 Å². The predicted molar refractivity (Wildman–Crippen MR) is 57.7 cm³/mol. The Labute approximate surface area is 91.4 Å². The van der Waals surface area contributed by atoms with E-state index in [-0.39, 0.29) is 5.92 Å². The molecule has 0 radical (unpaired) electrons. The summed E-state index contributed by atoms with van der Waals surface area (Å²) >= 11 is 3.41. The molecule has 1 aromatic carbocycles. The summed E-state index contributed by atoms with van der Waals surface area (Å²) in [7, 11) is 1.63. The van der Waals surface area contributed by atoms with Gasteiger partial charge in [-0.25, -0.2) is 0 Å². The molecule has 2 nitrogen and oxygen atoms in total. The van der Waals surface area contributed by atoms with Gasteiger partial charge in [0.25, 0.3) is 0 Å². The summed E-state index contributed by atoms with van der Waals surface area (Å²) in [6, 6.07) is 5.83. The zero-order valence-electron chi connectivity index (χ0n) is 7.92. The average Bonchev–Trinajstić information content (AvgIpc) is 2.16. The van der Waals surface area contributed by atoms with E-state index < -0.39 is 0 Å². The highest BCUT2D eigenvalue weighted by Gasteiger charge is 2.29. The van der Waals surface area contributed by atoms with Crippen LogP contribution in [-0.2, 0) is 4.79 Å². The number of ether oxygens (including phenoxy) is 1. The normalized spacial score (nSPS) is 20.4. The van der Waals surface area contributed by atoms with Crippen LogP contribution >= 0.6 is 15.9 Å². The molecule has 1 fully saturated rings. The summed E-state index contributed by atoms with van der Waals surface area (Å²) in [5, 5.41) is 0. The molecule has 1 unspecified atom stereocenters. The molecule has 0 saturated heterocycles. The van der Waals surface area contributed by atoms with Crippen molar-refractivity contribution in [3.8, 4) is 5.75 Å². The number of carbonyl (C=O) groups is 1. The van der Waals surface area contributed by atoms with Gasteiger partial charge in [-0.3, -0.25) is 4.79 Å². The second-order valence-electron chi connectivity index (χ2n) is 3.45. The van der Waals surface area contributed by atoms with Crippen LogP contribution in [0.4, 0.5) is 0 Å². The predicted octanol–water partition coefficient (Wildman–Crippen LogP) is 2.90. The van der Waals surface area contributed by atoms with Crippen molar-refractivity contribution < 1.29 is 9.53 Å². The number of carbonyl (C=O) groups excluding carboxylic acids is 1. The summed E-state index contributed by atoms with van der Waals surface area (Å²) < 4.78 is 6.04. The lowest BCUT2D eigenvalue weighted by atomic mass is 9.79. The smallest absolute Gasteiger partial charge is 0.140 e. The Bertz CT molecular complexity index is 374. The van der Waals surface area contributed by atoms with E-state index in [1.165, 1.54) is 0 Å². The Morgan fingerprint density at radius 3 is 2.71 bits per heavy atom. The van der Waals surface area contributed by atoms with Gasteiger partial charge >= 0.3 is 0 Å². The molecule has 0 aliphatic heterocycles. The fourth-order valence-electron chi connectivity index (χ4n) is 1.66. The molecule has 1 atom stereocenters. The maximum atomic E-state index is 11.3. The Morgan fingerprint density at radius 1 is 1.50 bits per heavy atom. The highest BCUT2D eigenvalue weighted by Crippen LogP contribution is 2.36. The van der Waals surface area contributed by atoms with Crippen molar-refractivity contribution in [3.63, 3.8) is 0 Å². The standard InChI is InChI=1S/C11H11BrO2/c1-14-11-5-2-7(6-9(11)12)8-3-4-10(8)13/h2,5-6,8H,3-4H2,1H3. The van der Waals surface area contributed by atoms with E-state index in [9.17, 15) is 4.79 Å². The second kappa shape index (κ2) is 3.73. The molecule has 1 saturated carbocycles. The molecule has 0 spiro atoms. The Kier molecular flexibility index (Phi) is 2.59. The Balaban J connectivity index is 2.28. The molecule has 14 heavy (non-hydrogen) atoms. The first-order valence-electron chi connectivity index (χ1n) is 4.58. The van der Waals surface area contributed by atoms with Crippen molar-refractivity contribution in [1.29, 1.82) is 0 Å². The quantitative estimate of drug-likeness (QED) is 0.812. The van der Waals surface area contributed by atoms with E-state index in [1.807, 2.05) is 18.2 Å². The fraction of sp³-hybridized carbons (Fsp3) is 0.364. The molecule has 0 aromatic heterocycles. The van der Waals surface area contributed by atoms with E-state index in [0.717, 1.165) is 28.6 Å². The molecule has 74 valence electrons. The lowest BCUT2D eigenvalue weighted by molar-refractivity contribution is -0.125. The molecular weight excluding hydrogens is 244 g/mol. The maximum absolute atomic E-state index is 11.3. The Hall–Kier alpha value is -0.830. The highest BCUT2D eigenvalue weighted by molar-refractivity contribution is 9.10. The first-order valence-corrected chi connectivity index (χ1v) is 5.38. The number of ketones is 1. The van der Waals surface area contributed by atoms with Gasteiger partial charge in [-0.1, -0.05) is 6.07 Å². The third kappa shape index (κ3) is 1.57. The molecule has 2 rings (SSSR count). The highest BCUT2D eigenvalue weighted by atomic mass is 79.9. The van der Waals surface area contributed by atoms with Gasteiger partial charge in [0, 0.05) is 12.3 Å². The van der Waals surface area contributed by atoms with E-state index in [0.29, 0.717) is 5.78 Å². The number of methoxy groups -OCH3 is 1. The third-order valence-electron chi connectivity index (χ3n) is 2.65. The van der Waals surface area contributed by atoms with E-state index in [2.05, 4.69) is 15.9 Å². The van der Waals surface area contributed by atoms with Crippen molar-refractivity contribution >= 4 is 21.7 Å². The topological polar surface area (TPSA) is 26.3 Å². The average molecular weight is 255 g/mol. The van der Waals surface area contributed by atoms with Crippen LogP contribution in [0.15, 0.2) is 22.7 Å². The van der Waals surface area contributed by atoms with Crippen molar-refractivity contribution in [3.05, 3.63) is 28.2 Å². The number of hydrogen-bond acceptors (Lipinski definition) is 2. The van der Waals surface area contributed by atoms with Crippen LogP contribution < -0.4 is 4.74 Å². The van der Waals surface area contributed by atoms with Gasteiger partial charge in [0.2, 0.25) is 0 Å². The summed E-state index contributed by atoms with van der Waals surface area (Å²) in [6.07, 6.45) is 1.71. The molecule has 1 aliphatic carbocycles. The first-order chi connectivity index (χ1) is 6.72. The minimum atomic E-state index is 0.122. The molecule has 3 heteroatoms. The third-order valence-corrected chi connectivity index (χ3v) is 3.27. The minimum Gasteiger partial charge on any atom is -0.496 e. The lowest BCUT2D eigenvalue weighted by Crippen LogP contribution is -2.23. The van der Waals surface area contributed by atoms with Crippen LogP contribution in [0, 0.1) is 0 Å². The van der Waals surface area contributed by atoms with Gasteiger partial charge in [0.05, 0.1) is 11.6 Å². The van der Waals surface area contributed by atoms with Gasteiger partial charge in [-0.05, 0) is 40.0 Å². The zero-order chi connectivity index (χ0) is 10.1. The van der Waals surface area contributed by atoms with E-state index in [4.69, 9.17) is 4.74 Å². The summed E-state index contributed by atoms with van der Waals surface area (Å²) in [4.78, 5) is 11.3. The maximum Gasteiger partial charge on any atom is 0.140 e. The van der Waals surface area contributed by atoms with Gasteiger partial charge in [0.15, 0.2) is 0 Å². The van der Waals surface area contributed by atoms with Crippen LogP contribution in [-0.4, -0.2) is 12.9 Å². The van der Waals surface area contributed by atoms with E-state index >= 15 is 0 Å². The summed E-state index contributed by atoms with van der Waals surface area (Å²) in [5.74, 6) is 1.28. The van der Waals surface area contributed by atoms with Crippen molar-refractivity contribution in [2.45, 2.75) is 18.8 Å². The lowest BCUT2D eigenvalue weighted by Gasteiger charge is -2.24. The number of rotatable bonds is 2. The van der Waals surface area contributed by atoms with E-state index in [1.54, 1.807) is 7.11 Å². The SMILES string of the molecule is COc1ccc(C2CCC2=O)cc1Br.